The Hall–Kier alpha value is -3.32. The van der Waals surface area contributed by atoms with E-state index in [4.69, 9.17) is 4.74 Å². The lowest BCUT2D eigenvalue weighted by atomic mass is 10.1. The van der Waals surface area contributed by atoms with Crippen LogP contribution >= 0.6 is 11.8 Å². The number of carbonyl (C=O) groups excluding carboxylic acids is 2. The Kier molecular flexibility index (Phi) is 8.71. The molecule has 0 aromatic heterocycles. The lowest BCUT2D eigenvalue weighted by Gasteiger charge is -2.23. The van der Waals surface area contributed by atoms with Crippen LogP contribution < -0.4 is 10.6 Å². The van der Waals surface area contributed by atoms with E-state index in [-0.39, 0.29) is 6.42 Å². The molecule has 2 N–H and O–H groups in total. The number of thioether (sulfide) groups is 1. The molecule has 0 bridgehead atoms. The summed E-state index contributed by atoms with van der Waals surface area (Å²) in [5.74, 6) is -0.236. The van der Waals surface area contributed by atoms with E-state index >= 15 is 0 Å². The van der Waals surface area contributed by atoms with Gasteiger partial charge in [0.15, 0.2) is 0 Å². The summed E-state index contributed by atoms with van der Waals surface area (Å²) in [6.07, 6.45) is -0.429. The lowest BCUT2D eigenvalue weighted by Crippen LogP contribution is -2.47. The first-order valence-electron chi connectivity index (χ1n) is 11.0. The van der Waals surface area contributed by atoms with E-state index in [0.717, 1.165) is 11.1 Å². The third kappa shape index (κ3) is 8.23. The van der Waals surface area contributed by atoms with Crippen molar-refractivity contribution in [2.24, 2.45) is 0 Å². The molecule has 0 aliphatic carbocycles. The van der Waals surface area contributed by atoms with E-state index in [9.17, 15) is 14.0 Å². The van der Waals surface area contributed by atoms with Crippen LogP contribution in [0.5, 0.6) is 0 Å². The van der Waals surface area contributed by atoms with Crippen molar-refractivity contribution >= 4 is 29.4 Å². The average Bonchev–Trinajstić information content (AvgIpc) is 2.78. The Morgan fingerprint density at radius 1 is 0.941 bits per heavy atom. The zero-order valence-electron chi connectivity index (χ0n) is 19.5. The van der Waals surface area contributed by atoms with E-state index in [2.05, 4.69) is 10.6 Å². The van der Waals surface area contributed by atoms with Crippen molar-refractivity contribution in [3.05, 3.63) is 95.8 Å². The number of hydrogen-bond donors (Lipinski definition) is 2. The fourth-order valence-electron chi connectivity index (χ4n) is 3.17. The number of amides is 2. The van der Waals surface area contributed by atoms with Crippen molar-refractivity contribution in [3.63, 3.8) is 0 Å². The van der Waals surface area contributed by atoms with Crippen molar-refractivity contribution in [2.75, 3.05) is 5.32 Å². The summed E-state index contributed by atoms with van der Waals surface area (Å²) in [4.78, 5) is 25.8. The molecule has 1 unspecified atom stereocenters. The zero-order valence-corrected chi connectivity index (χ0v) is 20.3. The topological polar surface area (TPSA) is 67.4 Å². The number of alkyl carbamates (subject to hydrolysis) is 1. The van der Waals surface area contributed by atoms with Gasteiger partial charge < -0.3 is 15.4 Å². The fourth-order valence-corrected chi connectivity index (χ4v) is 4.04. The standard InChI is InChI=1S/C27H29FN2O3S/c1-27(2,3)33-26(32)30-23(16-19-10-6-4-7-11-19)25(31)29-21-14-15-24(22(28)17-21)34-18-20-12-8-5-9-13-20/h4-15,17,23H,16,18H2,1-3H3,(H,29,31)(H,30,32). The third-order valence-electron chi connectivity index (χ3n) is 4.73. The Morgan fingerprint density at radius 2 is 1.56 bits per heavy atom. The molecule has 0 heterocycles. The van der Waals surface area contributed by atoms with Gasteiger partial charge in [-0.05, 0) is 50.1 Å². The molecular formula is C27H29FN2O3S. The number of anilines is 1. The van der Waals surface area contributed by atoms with Crippen molar-refractivity contribution in [1.82, 2.24) is 5.32 Å². The molecule has 0 saturated carbocycles. The minimum absolute atomic E-state index is 0.263. The van der Waals surface area contributed by atoms with Crippen LogP contribution in [0.1, 0.15) is 31.9 Å². The number of rotatable bonds is 8. The number of ether oxygens (including phenoxy) is 1. The molecule has 2 amide bonds. The average molecular weight is 481 g/mol. The van der Waals surface area contributed by atoms with Crippen molar-refractivity contribution in [1.29, 1.82) is 0 Å². The molecule has 7 heteroatoms. The molecule has 178 valence electrons. The Labute approximate surface area is 204 Å². The second-order valence-corrected chi connectivity index (χ2v) is 9.81. The highest BCUT2D eigenvalue weighted by Crippen LogP contribution is 2.27. The summed E-state index contributed by atoms with van der Waals surface area (Å²) in [6, 6.07) is 22.8. The van der Waals surface area contributed by atoms with Crippen LogP contribution in [0.15, 0.2) is 83.8 Å². The molecular weight excluding hydrogens is 451 g/mol. The molecule has 0 spiro atoms. The van der Waals surface area contributed by atoms with Gasteiger partial charge in [0, 0.05) is 22.8 Å². The van der Waals surface area contributed by atoms with Gasteiger partial charge in [-0.15, -0.1) is 11.8 Å². The van der Waals surface area contributed by atoms with Crippen LogP contribution in [-0.4, -0.2) is 23.6 Å². The molecule has 5 nitrogen and oxygen atoms in total. The van der Waals surface area contributed by atoms with Crippen LogP contribution in [0.4, 0.5) is 14.9 Å². The number of benzene rings is 3. The normalized spacial score (nSPS) is 12.0. The van der Waals surface area contributed by atoms with Gasteiger partial charge in [-0.2, -0.15) is 0 Å². The predicted molar refractivity (Wildman–Crippen MR) is 134 cm³/mol. The Morgan fingerprint density at radius 3 is 2.15 bits per heavy atom. The molecule has 34 heavy (non-hydrogen) atoms. The van der Waals surface area contributed by atoms with Gasteiger partial charge in [0.05, 0.1) is 0 Å². The number of nitrogens with one attached hydrogen (secondary N) is 2. The third-order valence-corrected chi connectivity index (χ3v) is 5.85. The molecule has 3 aromatic carbocycles. The van der Waals surface area contributed by atoms with E-state index in [1.54, 1.807) is 32.9 Å². The van der Waals surface area contributed by atoms with Crippen LogP contribution in [0, 0.1) is 5.82 Å². The second kappa shape index (κ2) is 11.7. The van der Waals surface area contributed by atoms with E-state index in [1.807, 2.05) is 60.7 Å². The van der Waals surface area contributed by atoms with Crippen molar-refractivity contribution in [2.45, 2.75) is 49.5 Å². The first-order valence-corrected chi connectivity index (χ1v) is 12.0. The van der Waals surface area contributed by atoms with E-state index < -0.39 is 29.5 Å². The predicted octanol–water partition coefficient (Wildman–Crippen LogP) is 6.19. The number of carbonyl (C=O) groups is 2. The van der Waals surface area contributed by atoms with Gasteiger partial charge in [0.2, 0.25) is 5.91 Å². The minimum atomic E-state index is -0.896. The smallest absolute Gasteiger partial charge is 0.408 e. The van der Waals surface area contributed by atoms with Crippen molar-refractivity contribution < 1.29 is 18.7 Å². The molecule has 0 aliphatic heterocycles. The zero-order chi connectivity index (χ0) is 24.6. The highest BCUT2D eigenvalue weighted by atomic mass is 32.2. The van der Waals surface area contributed by atoms with E-state index in [0.29, 0.717) is 16.3 Å². The molecule has 0 aliphatic rings. The summed E-state index contributed by atoms with van der Waals surface area (Å²) in [6.45, 7) is 5.25. The minimum Gasteiger partial charge on any atom is -0.444 e. The molecule has 0 saturated heterocycles. The van der Waals surface area contributed by atoms with Crippen LogP contribution in [0.3, 0.4) is 0 Å². The summed E-state index contributed by atoms with van der Waals surface area (Å²) >= 11 is 1.39. The van der Waals surface area contributed by atoms with Crippen LogP contribution in [0.25, 0.3) is 0 Å². The van der Waals surface area contributed by atoms with Crippen LogP contribution in [-0.2, 0) is 21.7 Å². The maximum absolute atomic E-state index is 14.7. The Balaban J connectivity index is 1.68. The van der Waals surface area contributed by atoms with Gasteiger partial charge in [-0.3, -0.25) is 4.79 Å². The second-order valence-electron chi connectivity index (χ2n) is 8.80. The summed E-state index contributed by atoms with van der Waals surface area (Å²) in [5.41, 5.74) is 1.59. The van der Waals surface area contributed by atoms with Gasteiger partial charge in [0.25, 0.3) is 0 Å². The molecule has 3 rings (SSSR count). The summed E-state index contributed by atoms with van der Waals surface area (Å²) in [7, 11) is 0. The van der Waals surface area contributed by atoms with Crippen molar-refractivity contribution in [3.8, 4) is 0 Å². The maximum atomic E-state index is 14.7. The SMILES string of the molecule is CC(C)(C)OC(=O)NC(Cc1ccccc1)C(=O)Nc1ccc(SCc2ccccc2)c(F)c1. The molecule has 1 atom stereocenters. The number of hydrogen-bond acceptors (Lipinski definition) is 4. The molecule has 3 aromatic rings. The van der Waals surface area contributed by atoms with E-state index in [1.165, 1.54) is 17.8 Å². The summed E-state index contributed by atoms with van der Waals surface area (Å²) in [5, 5.41) is 5.35. The maximum Gasteiger partial charge on any atom is 0.408 e. The molecule has 0 radical (unpaired) electrons. The molecule has 0 fully saturated rings. The van der Waals surface area contributed by atoms with Gasteiger partial charge >= 0.3 is 6.09 Å². The Bertz CT molecular complexity index is 1100. The lowest BCUT2D eigenvalue weighted by molar-refractivity contribution is -0.118. The van der Waals surface area contributed by atoms with Crippen LogP contribution in [0.2, 0.25) is 0 Å². The number of halogens is 1. The first-order chi connectivity index (χ1) is 16.2. The van der Waals surface area contributed by atoms with Gasteiger partial charge in [-0.25, -0.2) is 9.18 Å². The largest absolute Gasteiger partial charge is 0.444 e. The first kappa shape index (κ1) is 25.3. The fraction of sp³-hybridized carbons (Fsp3) is 0.259. The van der Waals surface area contributed by atoms with Gasteiger partial charge in [0.1, 0.15) is 17.5 Å². The highest BCUT2D eigenvalue weighted by molar-refractivity contribution is 7.98. The summed E-state index contributed by atoms with van der Waals surface area (Å²) < 4.78 is 20.0. The monoisotopic (exact) mass is 480 g/mol. The highest BCUT2D eigenvalue weighted by Gasteiger charge is 2.25. The quantitative estimate of drug-likeness (QED) is 0.377. The van der Waals surface area contributed by atoms with Gasteiger partial charge in [-0.1, -0.05) is 60.7 Å².